The Balaban J connectivity index is 0.00000137. The Morgan fingerprint density at radius 1 is 1.56 bits per heavy atom. The molecule has 1 aliphatic rings. The molecule has 0 heterocycles. The quantitative estimate of drug-likeness (QED) is 0.683. The van der Waals surface area contributed by atoms with Gasteiger partial charge in [-0.05, 0) is 12.8 Å². The second kappa shape index (κ2) is 6.54. The van der Waals surface area contributed by atoms with E-state index in [0.717, 1.165) is 12.0 Å². The van der Waals surface area contributed by atoms with Crippen LogP contribution in [0.3, 0.4) is 0 Å². The number of nitriles is 1. The van der Waals surface area contributed by atoms with E-state index in [1.807, 2.05) is 39.8 Å². The van der Waals surface area contributed by atoms with Crippen molar-refractivity contribution in [2.75, 3.05) is 0 Å². The first-order chi connectivity index (χ1) is 8.38. The summed E-state index contributed by atoms with van der Waals surface area (Å²) in [5, 5.41) is 8.98. The Kier molecular flexibility index (Phi) is 6.05. The SMILES string of the molecule is C=C(C)C1(C)C=C(C#N)C(=O)C(C)C1CC.CC. The molecule has 2 heteroatoms. The van der Waals surface area contributed by atoms with Crippen molar-refractivity contribution in [2.24, 2.45) is 17.3 Å². The Bertz CT molecular complexity index is 400. The monoisotopic (exact) mass is 247 g/mol. The number of Topliss-reactive ketones (excluding diaryl/α,β-unsaturated/α-hetero) is 1. The van der Waals surface area contributed by atoms with Gasteiger partial charge < -0.3 is 0 Å². The third kappa shape index (κ3) is 2.72. The van der Waals surface area contributed by atoms with Gasteiger partial charge >= 0.3 is 0 Å². The number of rotatable bonds is 2. The molecular weight excluding hydrogens is 222 g/mol. The molecule has 2 nitrogen and oxygen atoms in total. The number of hydrogen-bond donors (Lipinski definition) is 0. The van der Waals surface area contributed by atoms with Gasteiger partial charge in [-0.2, -0.15) is 5.26 Å². The van der Waals surface area contributed by atoms with Crippen molar-refractivity contribution in [1.29, 1.82) is 5.26 Å². The first kappa shape index (κ1) is 16.6. The van der Waals surface area contributed by atoms with E-state index < -0.39 is 0 Å². The highest BCUT2D eigenvalue weighted by molar-refractivity contribution is 6.01. The minimum Gasteiger partial charge on any atom is -0.293 e. The topological polar surface area (TPSA) is 40.9 Å². The maximum absolute atomic E-state index is 11.9. The van der Waals surface area contributed by atoms with Crippen molar-refractivity contribution in [2.45, 2.75) is 48.0 Å². The van der Waals surface area contributed by atoms with E-state index in [0.29, 0.717) is 5.57 Å². The minimum atomic E-state index is -0.229. The molecule has 0 radical (unpaired) electrons. The smallest absolute Gasteiger partial charge is 0.176 e. The van der Waals surface area contributed by atoms with E-state index in [9.17, 15) is 4.79 Å². The van der Waals surface area contributed by atoms with Crippen LogP contribution in [0.2, 0.25) is 0 Å². The lowest BCUT2D eigenvalue weighted by Gasteiger charge is -2.42. The van der Waals surface area contributed by atoms with Crippen LogP contribution in [0.4, 0.5) is 0 Å². The van der Waals surface area contributed by atoms with E-state index >= 15 is 0 Å². The lowest BCUT2D eigenvalue weighted by atomic mass is 9.61. The number of allylic oxidation sites excluding steroid dienone is 3. The highest BCUT2D eigenvalue weighted by atomic mass is 16.1. The zero-order valence-electron chi connectivity index (χ0n) is 12.5. The van der Waals surface area contributed by atoms with Crippen molar-refractivity contribution in [3.05, 3.63) is 23.8 Å². The van der Waals surface area contributed by atoms with Gasteiger partial charge in [0.2, 0.25) is 0 Å². The van der Waals surface area contributed by atoms with E-state index in [2.05, 4.69) is 20.4 Å². The van der Waals surface area contributed by atoms with Crippen molar-refractivity contribution >= 4 is 5.78 Å². The van der Waals surface area contributed by atoms with Crippen LogP contribution < -0.4 is 0 Å². The van der Waals surface area contributed by atoms with Crippen LogP contribution in [0.5, 0.6) is 0 Å². The molecule has 0 N–H and O–H groups in total. The maximum atomic E-state index is 11.9. The largest absolute Gasteiger partial charge is 0.293 e. The number of carbonyl (C=O) groups is 1. The van der Waals surface area contributed by atoms with E-state index in [4.69, 9.17) is 5.26 Å². The average molecular weight is 247 g/mol. The molecule has 0 saturated carbocycles. The summed E-state index contributed by atoms with van der Waals surface area (Å²) in [5.41, 5.74) is 1.09. The van der Waals surface area contributed by atoms with Crippen LogP contribution in [0, 0.1) is 28.6 Å². The molecule has 18 heavy (non-hydrogen) atoms. The molecule has 3 atom stereocenters. The fraction of sp³-hybridized carbons (Fsp3) is 0.625. The summed E-state index contributed by atoms with van der Waals surface area (Å²) in [4.78, 5) is 11.9. The first-order valence-corrected chi connectivity index (χ1v) is 6.71. The third-order valence-corrected chi connectivity index (χ3v) is 3.98. The number of carbonyl (C=O) groups excluding carboxylic acids is 1. The molecule has 0 aromatic rings. The van der Waals surface area contributed by atoms with Crippen molar-refractivity contribution < 1.29 is 4.79 Å². The molecule has 0 saturated heterocycles. The van der Waals surface area contributed by atoms with E-state index in [1.165, 1.54) is 0 Å². The molecule has 1 aliphatic carbocycles. The lowest BCUT2D eigenvalue weighted by Crippen LogP contribution is -2.39. The fourth-order valence-electron chi connectivity index (χ4n) is 2.73. The molecule has 0 bridgehead atoms. The van der Waals surface area contributed by atoms with Crippen LogP contribution in [-0.4, -0.2) is 5.78 Å². The molecule has 1 rings (SSSR count). The molecule has 3 unspecified atom stereocenters. The summed E-state index contributed by atoms with van der Waals surface area (Å²) in [6.07, 6.45) is 2.73. The molecule has 0 fully saturated rings. The van der Waals surface area contributed by atoms with Gasteiger partial charge in [0.15, 0.2) is 5.78 Å². The van der Waals surface area contributed by atoms with Crippen LogP contribution >= 0.6 is 0 Å². The molecule has 0 aromatic heterocycles. The van der Waals surface area contributed by atoms with Crippen LogP contribution in [0.1, 0.15) is 48.0 Å². The second-order valence-corrected chi connectivity index (χ2v) is 4.90. The van der Waals surface area contributed by atoms with Gasteiger partial charge in [0, 0.05) is 11.3 Å². The van der Waals surface area contributed by atoms with Crippen LogP contribution in [0.15, 0.2) is 23.8 Å². The van der Waals surface area contributed by atoms with Crippen LogP contribution in [-0.2, 0) is 4.79 Å². The van der Waals surface area contributed by atoms with Crippen LogP contribution in [0.25, 0.3) is 0 Å². The summed E-state index contributed by atoms with van der Waals surface area (Å²) >= 11 is 0. The zero-order chi connectivity index (χ0) is 14.5. The first-order valence-electron chi connectivity index (χ1n) is 6.71. The van der Waals surface area contributed by atoms with Crippen molar-refractivity contribution in [1.82, 2.24) is 0 Å². The second-order valence-electron chi connectivity index (χ2n) is 4.90. The standard InChI is InChI=1S/C14H19NO.C2H6/c1-6-12-10(4)13(16)11(8-15)7-14(12,5)9(2)3;1-2/h7,10,12H,2,6H2,1,3-5H3;1-2H3. The molecule has 0 spiro atoms. The van der Waals surface area contributed by atoms with E-state index in [-0.39, 0.29) is 23.0 Å². The number of hydrogen-bond acceptors (Lipinski definition) is 2. The average Bonchev–Trinajstić information content (AvgIpc) is 2.36. The Hall–Kier alpha value is -1.36. The fourth-order valence-corrected chi connectivity index (χ4v) is 2.73. The molecule has 0 aliphatic heterocycles. The van der Waals surface area contributed by atoms with Gasteiger partial charge in [-0.25, -0.2) is 0 Å². The number of ketones is 1. The lowest BCUT2D eigenvalue weighted by molar-refractivity contribution is -0.121. The minimum absolute atomic E-state index is 0.0203. The molecule has 0 aromatic carbocycles. The predicted molar refractivity (Wildman–Crippen MR) is 75.9 cm³/mol. The zero-order valence-corrected chi connectivity index (χ0v) is 12.5. The third-order valence-electron chi connectivity index (χ3n) is 3.98. The Morgan fingerprint density at radius 2 is 2.06 bits per heavy atom. The van der Waals surface area contributed by atoms with Gasteiger partial charge in [-0.1, -0.05) is 59.3 Å². The van der Waals surface area contributed by atoms with Gasteiger partial charge in [0.05, 0.1) is 5.57 Å². The van der Waals surface area contributed by atoms with Crippen molar-refractivity contribution in [3.63, 3.8) is 0 Å². The normalized spacial score (nSPS) is 30.7. The van der Waals surface area contributed by atoms with Gasteiger partial charge in [-0.3, -0.25) is 4.79 Å². The molecule has 0 amide bonds. The highest BCUT2D eigenvalue weighted by Crippen LogP contribution is 2.46. The summed E-state index contributed by atoms with van der Waals surface area (Å²) in [5.74, 6) is 0.133. The summed E-state index contributed by atoms with van der Waals surface area (Å²) in [6.45, 7) is 16.1. The molecule has 100 valence electrons. The highest BCUT2D eigenvalue weighted by Gasteiger charge is 2.43. The van der Waals surface area contributed by atoms with Gasteiger partial charge in [0.25, 0.3) is 0 Å². The Labute approximate surface area is 111 Å². The summed E-state index contributed by atoms with van der Waals surface area (Å²) in [7, 11) is 0. The predicted octanol–water partition coefficient (Wildman–Crippen LogP) is 4.29. The summed E-state index contributed by atoms with van der Waals surface area (Å²) in [6, 6.07) is 2.01. The van der Waals surface area contributed by atoms with Gasteiger partial charge in [-0.15, -0.1) is 0 Å². The Morgan fingerprint density at radius 3 is 2.39 bits per heavy atom. The van der Waals surface area contributed by atoms with Gasteiger partial charge in [0.1, 0.15) is 6.07 Å². The van der Waals surface area contributed by atoms with Crippen molar-refractivity contribution in [3.8, 4) is 6.07 Å². The van der Waals surface area contributed by atoms with E-state index in [1.54, 1.807) is 0 Å². The number of nitrogens with zero attached hydrogens (tertiary/aromatic N) is 1. The summed E-state index contributed by atoms with van der Waals surface area (Å²) < 4.78 is 0. The molecular formula is C16H25NO. The maximum Gasteiger partial charge on any atom is 0.176 e.